The van der Waals surface area contributed by atoms with Crippen LogP contribution in [0.2, 0.25) is 0 Å². The lowest BCUT2D eigenvalue weighted by Crippen LogP contribution is -2.02. The predicted octanol–water partition coefficient (Wildman–Crippen LogP) is 1.23. The van der Waals surface area contributed by atoms with Gasteiger partial charge in [-0.3, -0.25) is 5.11 Å². The Morgan fingerprint density at radius 1 is 1.00 bits per heavy atom. The second-order valence-electron chi connectivity index (χ2n) is 2.29. The number of hydrogen-bond donors (Lipinski definition) is 2. The van der Waals surface area contributed by atoms with E-state index in [2.05, 4.69) is 0 Å². The minimum Gasteiger partial charge on any atom is -0.478 e. The summed E-state index contributed by atoms with van der Waals surface area (Å²) in [5.74, 6) is -3.82. The molecule has 1 aromatic rings. The Hall–Kier alpha value is -2.04. The number of carboxylic acid groups (broad SMARTS) is 2. The summed E-state index contributed by atoms with van der Waals surface area (Å²) in [5, 5.41) is 28.0. The maximum absolute atomic E-state index is 11.1. The zero-order chi connectivity index (χ0) is 10.0. The van der Waals surface area contributed by atoms with Crippen LogP contribution in [0.1, 0.15) is 20.7 Å². The first kappa shape index (κ1) is 9.05. The summed E-state index contributed by atoms with van der Waals surface area (Å²) in [6.45, 7) is 0. The van der Waals surface area contributed by atoms with Gasteiger partial charge in [-0.1, -0.05) is 6.07 Å². The lowest BCUT2D eigenvalue weighted by Gasteiger charge is -1.98. The molecule has 13 heavy (non-hydrogen) atoms. The molecule has 0 unspecified atom stereocenters. The monoisotopic (exact) mass is 181 g/mol. The van der Waals surface area contributed by atoms with Gasteiger partial charge in [-0.15, -0.1) is 0 Å². The molecule has 1 radical (unpaired) electrons. The Labute approximate surface area is 72.9 Å². The highest BCUT2D eigenvalue weighted by molar-refractivity contribution is 5.98. The van der Waals surface area contributed by atoms with E-state index in [1.54, 1.807) is 0 Å². The van der Waals surface area contributed by atoms with Crippen LogP contribution in [0, 0.1) is 0 Å². The van der Waals surface area contributed by atoms with Gasteiger partial charge >= 0.3 is 11.9 Å². The van der Waals surface area contributed by atoms with E-state index in [0.717, 1.165) is 12.1 Å². The quantitative estimate of drug-likeness (QED) is 0.717. The molecule has 2 N–H and O–H groups in total. The second-order valence-corrected chi connectivity index (χ2v) is 2.29. The molecule has 1 aromatic carbocycles. The van der Waals surface area contributed by atoms with Crippen molar-refractivity contribution < 1.29 is 24.9 Å². The third-order valence-corrected chi connectivity index (χ3v) is 1.48. The topological polar surface area (TPSA) is 94.5 Å². The highest BCUT2D eigenvalue weighted by Gasteiger charge is 2.18. The lowest BCUT2D eigenvalue weighted by atomic mass is 10.1. The molecule has 1 rings (SSSR count). The number of carboxylic acids is 2. The van der Waals surface area contributed by atoms with E-state index in [9.17, 15) is 14.7 Å². The van der Waals surface area contributed by atoms with E-state index < -0.39 is 28.8 Å². The van der Waals surface area contributed by atoms with Gasteiger partial charge in [0.15, 0.2) is 0 Å². The van der Waals surface area contributed by atoms with E-state index in [1.165, 1.54) is 6.07 Å². The van der Waals surface area contributed by atoms with Crippen molar-refractivity contribution in [1.82, 2.24) is 0 Å². The van der Waals surface area contributed by atoms with Crippen LogP contribution in [-0.2, 0) is 5.11 Å². The largest absolute Gasteiger partial charge is 0.478 e. The summed E-state index contributed by atoms with van der Waals surface area (Å²) in [6.07, 6.45) is 0. The molecule has 0 saturated carbocycles. The highest BCUT2D eigenvalue weighted by Crippen LogP contribution is 2.22. The van der Waals surface area contributed by atoms with Crippen LogP contribution in [0.15, 0.2) is 18.2 Å². The van der Waals surface area contributed by atoms with Crippen molar-refractivity contribution in [3.63, 3.8) is 0 Å². The third-order valence-electron chi connectivity index (χ3n) is 1.48. The molecule has 0 fully saturated rings. The molecule has 0 aromatic heterocycles. The summed E-state index contributed by atoms with van der Waals surface area (Å²) >= 11 is 0. The van der Waals surface area contributed by atoms with Crippen LogP contribution < -0.4 is 0 Å². The first-order valence-corrected chi connectivity index (χ1v) is 3.30. The fraction of sp³-hybridized carbons (Fsp3) is 0. The first-order valence-electron chi connectivity index (χ1n) is 3.30. The van der Waals surface area contributed by atoms with Gasteiger partial charge in [-0.2, -0.15) is 0 Å². The summed E-state index contributed by atoms with van der Waals surface area (Å²) < 4.78 is 0. The Kier molecular flexibility index (Phi) is 2.19. The van der Waals surface area contributed by atoms with Crippen molar-refractivity contribution in [2.75, 3.05) is 0 Å². The van der Waals surface area contributed by atoms with Gasteiger partial charge < -0.3 is 10.2 Å². The van der Waals surface area contributed by atoms with Crippen LogP contribution in [0.4, 0.5) is 0 Å². The van der Waals surface area contributed by atoms with Gasteiger partial charge in [-0.05, 0) is 12.1 Å². The molecule has 0 bridgehead atoms. The van der Waals surface area contributed by atoms with E-state index in [4.69, 9.17) is 10.2 Å². The van der Waals surface area contributed by atoms with Crippen molar-refractivity contribution in [2.24, 2.45) is 0 Å². The minimum atomic E-state index is -1.42. The molecule has 67 valence electrons. The van der Waals surface area contributed by atoms with Crippen LogP contribution in [0.5, 0.6) is 5.75 Å². The maximum atomic E-state index is 11.1. The average molecular weight is 181 g/mol. The number of carbonyl (C=O) groups is 2. The molecule has 0 spiro atoms. The number of para-hydroxylation sites is 1. The predicted molar refractivity (Wildman–Crippen MR) is 40.5 cm³/mol. The zero-order valence-electron chi connectivity index (χ0n) is 6.35. The van der Waals surface area contributed by atoms with Gasteiger partial charge in [0.05, 0.1) is 0 Å². The standard InChI is InChI=1S/C8H5O5/c9-6-4(7(10)11)2-1-3-5(6)8(12)13/h1-3H,(H,10,11)(H,12,13). The smallest absolute Gasteiger partial charge is 0.339 e. The van der Waals surface area contributed by atoms with Crippen LogP contribution in [-0.4, -0.2) is 22.2 Å². The molecule has 0 heterocycles. The maximum Gasteiger partial charge on any atom is 0.339 e. The summed E-state index contributed by atoms with van der Waals surface area (Å²) in [7, 11) is 0. The molecule has 0 aliphatic rings. The van der Waals surface area contributed by atoms with Crippen molar-refractivity contribution in [1.29, 1.82) is 0 Å². The first-order chi connectivity index (χ1) is 6.04. The second kappa shape index (κ2) is 3.14. The Bertz CT molecular complexity index is 337. The summed E-state index contributed by atoms with van der Waals surface area (Å²) in [4.78, 5) is 20.8. The number of benzene rings is 1. The van der Waals surface area contributed by atoms with Crippen molar-refractivity contribution in [3.05, 3.63) is 29.3 Å². The molecular formula is C8H5O5. The summed E-state index contributed by atoms with van der Waals surface area (Å²) in [6, 6.07) is 3.35. The van der Waals surface area contributed by atoms with Crippen molar-refractivity contribution in [3.8, 4) is 5.75 Å². The van der Waals surface area contributed by atoms with Crippen LogP contribution >= 0.6 is 0 Å². The average Bonchev–Trinajstić information content (AvgIpc) is 2.03. The van der Waals surface area contributed by atoms with Crippen LogP contribution in [0.3, 0.4) is 0 Å². The molecule has 0 amide bonds. The molecule has 5 nitrogen and oxygen atoms in total. The van der Waals surface area contributed by atoms with Crippen molar-refractivity contribution >= 4 is 11.9 Å². The molecule has 0 atom stereocenters. The van der Waals surface area contributed by atoms with Gasteiger partial charge in [0.25, 0.3) is 0 Å². The van der Waals surface area contributed by atoms with Gasteiger partial charge in [-0.25, -0.2) is 9.59 Å². The lowest BCUT2D eigenvalue weighted by molar-refractivity contribution is 0.0687. The minimum absolute atomic E-state index is 0.528. The van der Waals surface area contributed by atoms with Crippen LogP contribution in [0.25, 0.3) is 0 Å². The zero-order valence-corrected chi connectivity index (χ0v) is 6.35. The SMILES string of the molecule is [O]c1c(C(=O)O)cccc1C(=O)O. The van der Waals surface area contributed by atoms with Gasteiger partial charge in [0.1, 0.15) is 11.1 Å². The van der Waals surface area contributed by atoms with E-state index in [1.807, 2.05) is 0 Å². The van der Waals surface area contributed by atoms with E-state index in [-0.39, 0.29) is 0 Å². The Balaban J connectivity index is 3.35. The number of aromatic carboxylic acids is 2. The molecule has 5 heteroatoms. The Morgan fingerprint density at radius 3 is 1.69 bits per heavy atom. The summed E-state index contributed by atoms with van der Waals surface area (Å²) in [5.41, 5.74) is -1.06. The number of hydrogen-bond acceptors (Lipinski definition) is 2. The fourth-order valence-electron chi connectivity index (χ4n) is 0.874. The van der Waals surface area contributed by atoms with Gasteiger partial charge in [0.2, 0.25) is 5.75 Å². The molecule has 0 aliphatic carbocycles. The molecular weight excluding hydrogens is 176 g/mol. The van der Waals surface area contributed by atoms with Crippen molar-refractivity contribution in [2.45, 2.75) is 0 Å². The number of rotatable bonds is 2. The fourth-order valence-corrected chi connectivity index (χ4v) is 0.874. The molecule has 0 saturated heterocycles. The van der Waals surface area contributed by atoms with Gasteiger partial charge in [0, 0.05) is 0 Å². The normalized spacial score (nSPS) is 9.54. The third kappa shape index (κ3) is 1.58. The highest BCUT2D eigenvalue weighted by atomic mass is 16.4. The molecule has 0 aliphatic heterocycles. The van der Waals surface area contributed by atoms with E-state index in [0.29, 0.717) is 0 Å². The Morgan fingerprint density at radius 2 is 1.38 bits per heavy atom. The van der Waals surface area contributed by atoms with E-state index >= 15 is 0 Å².